The number of rotatable bonds is 2. The Balaban J connectivity index is 1.95. The van der Waals surface area contributed by atoms with E-state index in [4.69, 9.17) is 11.6 Å². The van der Waals surface area contributed by atoms with Crippen molar-refractivity contribution in [1.82, 2.24) is 24.7 Å². The molecule has 0 spiro atoms. The zero-order valence-corrected chi connectivity index (χ0v) is 11.9. The number of piperidine rings is 1. The van der Waals surface area contributed by atoms with Crippen LogP contribution in [0.3, 0.4) is 0 Å². The molecule has 1 unspecified atom stereocenters. The summed E-state index contributed by atoms with van der Waals surface area (Å²) in [6, 6.07) is 2.28. The molecule has 0 saturated carbocycles. The summed E-state index contributed by atoms with van der Waals surface area (Å²) in [5.74, 6) is 0.740. The van der Waals surface area contributed by atoms with Gasteiger partial charge in [-0.15, -0.1) is 10.2 Å². The fraction of sp³-hybridized carbons (Fsp3) is 0.583. The first kappa shape index (κ1) is 12.6. The van der Waals surface area contributed by atoms with E-state index in [-0.39, 0.29) is 0 Å². The quantitative estimate of drug-likeness (QED) is 0.830. The van der Waals surface area contributed by atoms with Gasteiger partial charge in [-0.1, -0.05) is 11.6 Å². The van der Waals surface area contributed by atoms with Crippen molar-refractivity contribution in [3.05, 3.63) is 17.4 Å². The summed E-state index contributed by atoms with van der Waals surface area (Å²) in [5, 5.41) is 12.9. The number of nitrogens with zero attached hydrogens (tertiary/aromatic N) is 6. The van der Waals surface area contributed by atoms with Crippen molar-refractivity contribution in [2.24, 2.45) is 0 Å². The molecule has 1 fully saturated rings. The van der Waals surface area contributed by atoms with Crippen molar-refractivity contribution >= 4 is 23.1 Å². The Morgan fingerprint density at radius 2 is 2.26 bits per heavy atom. The minimum Gasteiger partial charge on any atom is -0.338 e. The molecule has 0 amide bonds. The second-order valence-electron chi connectivity index (χ2n) is 5.09. The van der Waals surface area contributed by atoms with E-state index in [2.05, 4.69) is 32.1 Å². The van der Waals surface area contributed by atoms with Gasteiger partial charge >= 0.3 is 0 Å². The lowest BCUT2D eigenvalue weighted by Gasteiger charge is -2.36. The summed E-state index contributed by atoms with van der Waals surface area (Å²) >= 11 is 6.02. The predicted octanol–water partition coefficient (Wildman–Crippen LogP) is 1.31. The van der Waals surface area contributed by atoms with Crippen molar-refractivity contribution in [2.45, 2.75) is 18.9 Å². The molecule has 7 heteroatoms. The third-order valence-corrected chi connectivity index (χ3v) is 4.00. The van der Waals surface area contributed by atoms with Crippen LogP contribution in [0.25, 0.3) is 5.52 Å². The molecule has 1 aliphatic heterocycles. The first-order valence-electron chi connectivity index (χ1n) is 6.44. The van der Waals surface area contributed by atoms with Crippen LogP contribution in [0.4, 0.5) is 5.95 Å². The summed E-state index contributed by atoms with van der Waals surface area (Å²) in [5.41, 5.74) is 0.794. The van der Waals surface area contributed by atoms with Crippen LogP contribution in [0.2, 0.25) is 5.15 Å². The number of likely N-dealkylation sites (N-methyl/N-ethyl adjacent to an activating group) is 2. The average molecular weight is 281 g/mol. The standard InChI is InChI=1S/C12H17ClN6/c1-17-7-3-4-9(8-17)18(2)12-16-15-11(13)10-5-6-14-19(10)12/h5-6,9H,3-4,7-8H2,1-2H3. The number of anilines is 1. The van der Waals surface area contributed by atoms with E-state index < -0.39 is 0 Å². The van der Waals surface area contributed by atoms with Gasteiger partial charge in [0, 0.05) is 19.6 Å². The molecule has 6 nitrogen and oxygen atoms in total. The highest BCUT2D eigenvalue weighted by molar-refractivity contribution is 6.32. The molecular formula is C12H17ClN6. The lowest BCUT2D eigenvalue weighted by atomic mass is 10.1. The molecule has 2 aromatic heterocycles. The maximum absolute atomic E-state index is 6.02. The normalized spacial score (nSPS) is 20.9. The van der Waals surface area contributed by atoms with Gasteiger partial charge in [-0.3, -0.25) is 0 Å². The maximum atomic E-state index is 6.02. The van der Waals surface area contributed by atoms with Gasteiger partial charge in [0.25, 0.3) is 0 Å². The Labute approximate surface area is 117 Å². The van der Waals surface area contributed by atoms with Crippen LogP contribution in [-0.2, 0) is 0 Å². The topological polar surface area (TPSA) is 49.6 Å². The minimum atomic E-state index is 0.385. The molecular weight excluding hydrogens is 264 g/mol. The summed E-state index contributed by atoms with van der Waals surface area (Å²) in [4.78, 5) is 4.49. The van der Waals surface area contributed by atoms with E-state index in [1.807, 2.05) is 13.1 Å². The maximum Gasteiger partial charge on any atom is 0.247 e. The first-order valence-corrected chi connectivity index (χ1v) is 6.82. The third kappa shape index (κ3) is 2.26. The van der Waals surface area contributed by atoms with Crippen molar-refractivity contribution < 1.29 is 0 Å². The summed E-state index contributed by atoms with van der Waals surface area (Å²) in [6.07, 6.45) is 4.08. The van der Waals surface area contributed by atoms with Gasteiger partial charge in [-0.05, 0) is 32.5 Å². The Morgan fingerprint density at radius 3 is 3.05 bits per heavy atom. The van der Waals surface area contributed by atoms with Crippen LogP contribution in [0.15, 0.2) is 12.3 Å². The van der Waals surface area contributed by atoms with Gasteiger partial charge in [-0.2, -0.15) is 9.61 Å². The Morgan fingerprint density at radius 1 is 1.42 bits per heavy atom. The van der Waals surface area contributed by atoms with Crippen molar-refractivity contribution in [1.29, 1.82) is 0 Å². The molecule has 0 bridgehead atoms. The van der Waals surface area contributed by atoms with Gasteiger partial charge in [-0.25, -0.2) is 0 Å². The number of hydrogen-bond acceptors (Lipinski definition) is 5. The summed E-state index contributed by atoms with van der Waals surface area (Å²) in [6.45, 7) is 2.19. The van der Waals surface area contributed by atoms with Gasteiger partial charge in [0.15, 0.2) is 5.15 Å². The van der Waals surface area contributed by atoms with Gasteiger partial charge in [0.1, 0.15) is 5.52 Å². The van der Waals surface area contributed by atoms with Crippen molar-refractivity contribution in [2.75, 3.05) is 32.1 Å². The number of likely N-dealkylation sites (tertiary alicyclic amines) is 1. The van der Waals surface area contributed by atoms with Crippen molar-refractivity contribution in [3.8, 4) is 0 Å². The van der Waals surface area contributed by atoms with Crippen LogP contribution in [0, 0.1) is 0 Å². The molecule has 0 radical (unpaired) electrons. The van der Waals surface area contributed by atoms with Crippen molar-refractivity contribution in [3.63, 3.8) is 0 Å². The van der Waals surface area contributed by atoms with Gasteiger partial charge in [0.05, 0.1) is 6.20 Å². The highest BCUT2D eigenvalue weighted by atomic mass is 35.5. The molecule has 1 saturated heterocycles. The van der Waals surface area contributed by atoms with E-state index >= 15 is 0 Å². The highest BCUT2D eigenvalue weighted by Gasteiger charge is 2.24. The highest BCUT2D eigenvalue weighted by Crippen LogP contribution is 2.22. The molecule has 1 aliphatic rings. The van der Waals surface area contributed by atoms with Crippen LogP contribution >= 0.6 is 11.6 Å². The zero-order chi connectivity index (χ0) is 13.4. The molecule has 3 heterocycles. The molecule has 102 valence electrons. The molecule has 19 heavy (non-hydrogen) atoms. The van der Waals surface area contributed by atoms with E-state index in [1.165, 1.54) is 6.42 Å². The Hall–Kier alpha value is -1.40. The number of halogens is 1. The summed E-state index contributed by atoms with van der Waals surface area (Å²) < 4.78 is 1.75. The fourth-order valence-electron chi connectivity index (χ4n) is 2.64. The Bertz CT molecular complexity index is 583. The van der Waals surface area contributed by atoms with Crippen LogP contribution < -0.4 is 4.90 Å². The fourth-order valence-corrected chi connectivity index (χ4v) is 2.82. The molecule has 2 aromatic rings. The number of fused-ring (bicyclic) bond motifs is 1. The summed E-state index contributed by atoms with van der Waals surface area (Å²) in [7, 11) is 4.19. The lowest BCUT2D eigenvalue weighted by Crippen LogP contribution is -2.46. The van der Waals surface area contributed by atoms with E-state index in [0.29, 0.717) is 11.2 Å². The largest absolute Gasteiger partial charge is 0.338 e. The van der Waals surface area contributed by atoms with Gasteiger partial charge in [0.2, 0.25) is 5.95 Å². The lowest BCUT2D eigenvalue weighted by molar-refractivity contribution is 0.246. The van der Waals surface area contributed by atoms with Crippen LogP contribution in [0.1, 0.15) is 12.8 Å². The van der Waals surface area contributed by atoms with Crippen LogP contribution in [0.5, 0.6) is 0 Å². The van der Waals surface area contributed by atoms with E-state index in [9.17, 15) is 0 Å². The minimum absolute atomic E-state index is 0.385. The molecule has 0 aliphatic carbocycles. The van der Waals surface area contributed by atoms with Crippen LogP contribution in [-0.4, -0.2) is 57.9 Å². The molecule has 3 rings (SSSR count). The monoisotopic (exact) mass is 280 g/mol. The zero-order valence-electron chi connectivity index (χ0n) is 11.1. The average Bonchev–Trinajstić information content (AvgIpc) is 2.89. The number of aromatic nitrogens is 4. The smallest absolute Gasteiger partial charge is 0.247 e. The Kier molecular flexibility index (Phi) is 3.28. The second kappa shape index (κ2) is 4.94. The predicted molar refractivity (Wildman–Crippen MR) is 74.7 cm³/mol. The van der Waals surface area contributed by atoms with Gasteiger partial charge < -0.3 is 9.80 Å². The third-order valence-electron chi connectivity index (χ3n) is 3.73. The number of hydrogen-bond donors (Lipinski definition) is 0. The second-order valence-corrected chi connectivity index (χ2v) is 5.45. The molecule has 0 aromatic carbocycles. The van der Waals surface area contributed by atoms with E-state index in [0.717, 1.165) is 31.0 Å². The van der Waals surface area contributed by atoms with E-state index in [1.54, 1.807) is 10.7 Å². The molecule has 1 atom stereocenters. The first-order chi connectivity index (χ1) is 9.16. The SMILES string of the molecule is CN1CCCC(N(C)c2nnc(Cl)c3ccnn23)C1. The molecule has 0 N–H and O–H groups in total.